The maximum Gasteiger partial charge on any atom is 0.147 e. The lowest BCUT2D eigenvalue weighted by Gasteiger charge is -2.37. The van der Waals surface area contributed by atoms with Crippen molar-refractivity contribution in [1.29, 1.82) is 5.26 Å². The van der Waals surface area contributed by atoms with Crippen LogP contribution in [0.15, 0.2) is 36.8 Å². The summed E-state index contributed by atoms with van der Waals surface area (Å²) in [6, 6.07) is 5.98. The van der Waals surface area contributed by atoms with Crippen LogP contribution in [-0.4, -0.2) is 41.0 Å². The van der Waals surface area contributed by atoms with Crippen LogP contribution < -0.4 is 4.90 Å². The van der Waals surface area contributed by atoms with Gasteiger partial charge in [0.2, 0.25) is 0 Å². The zero-order valence-electron chi connectivity index (χ0n) is 12.4. The highest BCUT2D eigenvalue weighted by Gasteiger charge is 2.28. The predicted molar refractivity (Wildman–Crippen MR) is 85.6 cm³/mol. The standard InChI is InChI=1S/C16H15ClFN5/c17-12-2-1-3-13(18)16(12)14(10-19)22-6-8-23(9-7-22)15-11-20-4-5-21-15/h1-5,11,14H,6-9H2. The van der Waals surface area contributed by atoms with Gasteiger partial charge in [0.25, 0.3) is 0 Å². The van der Waals surface area contributed by atoms with Crippen molar-refractivity contribution in [2.45, 2.75) is 6.04 Å². The van der Waals surface area contributed by atoms with Gasteiger partial charge in [0.05, 0.1) is 12.3 Å². The predicted octanol–water partition coefficient (Wildman–Crippen LogP) is 2.66. The third-order valence-corrected chi connectivity index (χ3v) is 4.28. The van der Waals surface area contributed by atoms with Gasteiger partial charge in [-0.1, -0.05) is 17.7 Å². The van der Waals surface area contributed by atoms with Gasteiger partial charge in [-0.15, -0.1) is 0 Å². The number of hydrogen-bond donors (Lipinski definition) is 0. The Morgan fingerprint density at radius 1 is 1.22 bits per heavy atom. The van der Waals surface area contributed by atoms with Crippen molar-refractivity contribution in [3.05, 3.63) is 53.2 Å². The quantitative estimate of drug-likeness (QED) is 0.865. The Morgan fingerprint density at radius 3 is 2.61 bits per heavy atom. The van der Waals surface area contributed by atoms with Crippen molar-refractivity contribution < 1.29 is 4.39 Å². The highest BCUT2D eigenvalue weighted by Crippen LogP contribution is 2.30. The normalized spacial score (nSPS) is 16.8. The maximum atomic E-state index is 14.1. The summed E-state index contributed by atoms with van der Waals surface area (Å²) >= 11 is 6.10. The van der Waals surface area contributed by atoms with E-state index in [1.165, 1.54) is 6.07 Å². The molecule has 2 heterocycles. The molecule has 23 heavy (non-hydrogen) atoms. The molecule has 1 aromatic heterocycles. The second-order valence-electron chi connectivity index (χ2n) is 5.25. The Labute approximate surface area is 138 Å². The van der Waals surface area contributed by atoms with Crippen molar-refractivity contribution in [2.24, 2.45) is 0 Å². The van der Waals surface area contributed by atoms with E-state index in [4.69, 9.17) is 11.6 Å². The van der Waals surface area contributed by atoms with Crippen LogP contribution in [0.3, 0.4) is 0 Å². The number of anilines is 1. The van der Waals surface area contributed by atoms with Crippen molar-refractivity contribution in [1.82, 2.24) is 14.9 Å². The van der Waals surface area contributed by atoms with Crippen LogP contribution in [0.2, 0.25) is 5.02 Å². The summed E-state index contributed by atoms with van der Waals surface area (Å²) in [4.78, 5) is 12.4. The fourth-order valence-corrected chi connectivity index (χ4v) is 3.03. The average Bonchev–Trinajstić information content (AvgIpc) is 2.59. The molecule has 0 bridgehead atoms. The Balaban J connectivity index is 1.75. The number of piperazine rings is 1. The molecule has 118 valence electrons. The SMILES string of the molecule is N#CC(c1c(F)cccc1Cl)N1CCN(c2cnccn2)CC1. The second-order valence-corrected chi connectivity index (χ2v) is 5.66. The van der Waals surface area contributed by atoms with E-state index in [9.17, 15) is 9.65 Å². The van der Waals surface area contributed by atoms with E-state index in [2.05, 4.69) is 20.9 Å². The molecular formula is C16H15ClFN5. The van der Waals surface area contributed by atoms with Crippen LogP contribution in [0.5, 0.6) is 0 Å². The Bertz CT molecular complexity index is 690. The minimum absolute atomic E-state index is 0.254. The number of benzene rings is 1. The molecule has 7 heteroatoms. The molecule has 3 rings (SSSR count). The largest absolute Gasteiger partial charge is 0.353 e. The number of hydrogen-bond acceptors (Lipinski definition) is 5. The molecule has 1 fully saturated rings. The van der Waals surface area contributed by atoms with E-state index in [0.29, 0.717) is 26.2 Å². The lowest BCUT2D eigenvalue weighted by molar-refractivity contribution is 0.218. The van der Waals surface area contributed by atoms with Crippen LogP contribution in [0.4, 0.5) is 10.2 Å². The van der Waals surface area contributed by atoms with Gasteiger partial charge >= 0.3 is 0 Å². The maximum absolute atomic E-state index is 14.1. The molecule has 0 aliphatic carbocycles. The molecule has 1 atom stereocenters. The molecular weight excluding hydrogens is 317 g/mol. The lowest BCUT2D eigenvalue weighted by atomic mass is 10.0. The minimum Gasteiger partial charge on any atom is -0.353 e. The summed E-state index contributed by atoms with van der Waals surface area (Å²) in [5.41, 5.74) is 0.254. The highest BCUT2D eigenvalue weighted by atomic mass is 35.5. The number of nitriles is 1. The highest BCUT2D eigenvalue weighted by molar-refractivity contribution is 6.31. The summed E-state index contributed by atoms with van der Waals surface area (Å²) in [5, 5.41) is 9.80. The van der Waals surface area contributed by atoms with E-state index in [1.54, 1.807) is 30.7 Å². The third kappa shape index (κ3) is 3.26. The van der Waals surface area contributed by atoms with E-state index in [1.807, 2.05) is 4.90 Å². The molecule has 0 saturated carbocycles. The first-order chi connectivity index (χ1) is 11.2. The second kappa shape index (κ2) is 6.90. The first-order valence-corrected chi connectivity index (χ1v) is 7.67. The smallest absolute Gasteiger partial charge is 0.147 e. The van der Waals surface area contributed by atoms with E-state index >= 15 is 0 Å². The van der Waals surface area contributed by atoms with Crippen molar-refractivity contribution in [3.8, 4) is 6.07 Å². The molecule has 0 N–H and O–H groups in total. The Kier molecular flexibility index (Phi) is 4.70. The zero-order chi connectivity index (χ0) is 16.2. The molecule has 1 unspecified atom stereocenters. The van der Waals surface area contributed by atoms with Crippen LogP contribution in [0, 0.1) is 17.1 Å². The van der Waals surface area contributed by atoms with Crippen LogP contribution >= 0.6 is 11.6 Å². The van der Waals surface area contributed by atoms with Crippen LogP contribution in [0.1, 0.15) is 11.6 Å². The topological polar surface area (TPSA) is 56.1 Å². The number of halogens is 2. The van der Waals surface area contributed by atoms with Crippen LogP contribution in [0.25, 0.3) is 0 Å². The number of rotatable bonds is 3. The Morgan fingerprint density at radius 2 is 2.00 bits per heavy atom. The van der Waals surface area contributed by atoms with Crippen LogP contribution in [-0.2, 0) is 0 Å². The summed E-state index contributed by atoms with van der Waals surface area (Å²) in [6.07, 6.45) is 5.00. The first kappa shape index (κ1) is 15.7. The van der Waals surface area contributed by atoms with Gasteiger partial charge in [-0.2, -0.15) is 5.26 Å². The minimum atomic E-state index is -0.687. The van der Waals surface area contributed by atoms with Gasteiger partial charge in [-0.05, 0) is 12.1 Å². The molecule has 0 radical (unpaired) electrons. The lowest BCUT2D eigenvalue weighted by Crippen LogP contribution is -2.48. The zero-order valence-corrected chi connectivity index (χ0v) is 13.1. The summed E-state index contributed by atoms with van der Waals surface area (Å²) in [5.74, 6) is 0.366. The molecule has 1 aliphatic rings. The third-order valence-electron chi connectivity index (χ3n) is 3.95. The Hall–Kier alpha value is -2.23. The number of nitrogens with zero attached hydrogens (tertiary/aromatic N) is 5. The number of aromatic nitrogens is 2. The molecule has 0 spiro atoms. The van der Waals surface area contributed by atoms with Crippen molar-refractivity contribution in [2.75, 3.05) is 31.1 Å². The van der Waals surface area contributed by atoms with E-state index in [0.717, 1.165) is 5.82 Å². The van der Waals surface area contributed by atoms with E-state index < -0.39 is 11.9 Å². The van der Waals surface area contributed by atoms with Gasteiger partial charge in [-0.3, -0.25) is 9.88 Å². The summed E-state index contributed by atoms with van der Waals surface area (Å²) in [6.45, 7) is 2.64. The van der Waals surface area contributed by atoms with Gasteiger partial charge in [0, 0.05) is 49.2 Å². The van der Waals surface area contributed by atoms with Gasteiger partial charge in [0.15, 0.2) is 0 Å². The fraction of sp³-hybridized carbons (Fsp3) is 0.312. The van der Waals surface area contributed by atoms with Gasteiger partial charge in [-0.25, -0.2) is 9.37 Å². The van der Waals surface area contributed by atoms with Gasteiger partial charge in [0.1, 0.15) is 17.7 Å². The molecule has 1 aliphatic heterocycles. The summed E-state index contributed by atoms with van der Waals surface area (Å²) in [7, 11) is 0. The monoisotopic (exact) mass is 331 g/mol. The average molecular weight is 332 g/mol. The van der Waals surface area contributed by atoms with Gasteiger partial charge < -0.3 is 4.90 Å². The fourth-order valence-electron chi connectivity index (χ4n) is 2.76. The molecule has 2 aromatic rings. The van der Waals surface area contributed by atoms with Crippen molar-refractivity contribution >= 4 is 17.4 Å². The molecule has 5 nitrogen and oxygen atoms in total. The molecule has 1 saturated heterocycles. The van der Waals surface area contributed by atoms with Crippen molar-refractivity contribution in [3.63, 3.8) is 0 Å². The summed E-state index contributed by atoms with van der Waals surface area (Å²) < 4.78 is 14.1. The molecule has 1 aromatic carbocycles. The van der Waals surface area contributed by atoms with E-state index in [-0.39, 0.29) is 10.6 Å². The molecule has 0 amide bonds. The first-order valence-electron chi connectivity index (χ1n) is 7.29.